The molecule has 0 spiro atoms. The number of rotatable bonds is 4. The van der Waals surface area contributed by atoms with Crippen molar-refractivity contribution in [1.82, 2.24) is 0 Å². The van der Waals surface area contributed by atoms with E-state index in [0.717, 1.165) is 31.4 Å². The molecule has 0 bridgehead atoms. The molecule has 0 heterocycles. The summed E-state index contributed by atoms with van der Waals surface area (Å²) in [4.78, 5) is 11.5. The Bertz CT molecular complexity index is 1000. The molecule has 30 heavy (non-hydrogen) atoms. The fraction of sp³-hybridized carbons (Fsp3) is 0.136. The van der Waals surface area contributed by atoms with E-state index in [2.05, 4.69) is 0 Å². The third kappa shape index (κ3) is 4.03. The van der Waals surface area contributed by atoms with E-state index in [4.69, 9.17) is 4.74 Å². The largest absolute Gasteiger partial charge is 0.495 e. The second kappa shape index (κ2) is 7.85. The van der Waals surface area contributed by atoms with Crippen molar-refractivity contribution in [1.29, 1.82) is 0 Å². The Morgan fingerprint density at radius 3 is 1.43 bits per heavy atom. The number of methoxy groups -OCH3 is 1. The quantitative estimate of drug-likeness (QED) is 0.337. The van der Waals surface area contributed by atoms with E-state index in [9.17, 15) is 31.1 Å². The molecule has 0 amide bonds. The molecule has 3 rings (SSSR count). The van der Waals surface area contributed by atoms with Crippen molar-refractivity contribution in [3.8, 4) is 28.0 Å². The predicted octanol–water partition coefficient (Wildman–Crippen LogP) is 6.88. The lowest BCUT2D eigenvalue weighted by Crippen LogP contribution is -2.09. The molecule has 3 aromatic carbocycles. The summed E-state index contributed by atoms with van der Waals surface area (Å²) in [6.45, 7) is 0. The van der Waals surface area contributed by atoms with Crippen molar-refractivity contribution in [2.75, 3.05) is 7.11 Å². The molecule has 0 radical (unpaired) electrons. The van der Waals surface area contributed by atoms with Gasteiger partial charge in [-0.2, -0.15) is 26.3 Å². The van der Waals surface area contributed by atoms with Crippen LogP contribution in [0.15, 0.2) is 60.7 Å². The molecular weight excluding hydrogens is 410 g/mol. The maximum Gasteiger partial charge on any atom is 0.417 e. The molecule has 0 aliphatic heterocycles. The SMILES string of the molecule is COc1c(-c2ccccc2C(F)(F)F)cc(C=O)cc1-c1ccccc1C(F)(F)F. The number of ether oxygens (including phenoxy) is 1. The van der Waals surface area contributed by atoms with E-state index in [1.165, 1.54) is 36.4 Å². The molecule has 0 saturated heterocycles. The van der Waals surface area contributed by atoms with Gasteiger partial charge < -0.3 is 4.74 Å². The van der Waals surface area contributed by atoms with Crippen molar-refractivity contribution in [2.24, 2.45) is 0 Å². The minimum absolute atomic E-state index is 0.0882. The molecule has 3 aromatic rings. The first-order valence-corrected chi connectivity index (χ1v) is 8.58. The number of carbonyl (C=O) groups is 1. The minimum Gasteiger partial charge on any atom is -0.495 e. The highest BCUT2D eigenvalue weighted by molar-refractivity contribution is 5.91. The van der Waals surface area contributed by atoms with Gasteiger partial charge in [0.15, 0.2) is 0 Å². The van der Waals surface area contributed by atoms with Gasteiger partial charge in [-0.15, -0.1) is 0 Å². The molecular formula is C22H14F6O2. The number of carbonyl (C=O) groups excluding carboxylic acids is 1. The summed E-state index contributed by atoms with van der Waals surface area (Å²) >= 11 is 0. The zero-order chi connectivity index (χ0) is 22.1. The highest BCUT2D eigenvalue weighted by atomic mass is 19.4. The molecule has 0 N–H and O–H groups in total. The number of benzene rings is 3. The van der Waals surface area contributed by atoms with E-state index in [1.807, 2.05) is 0 Å². The zero-order valence-electron chi connectivity index (χ0n) is 15.4. The average molecular weight is 424 g/mol. The van der Waals surface area contributed by atoms with Gasteiger partial charge in [-0.3, -0.25) is 4.79 Å². The van der Waals surface area contributed by atoms with E-state index >= 15 is 0 Å². The van der Waals surface area contributed by atoms with E-state index < -0.39 is 23.5 Å². The van der Waals surface area contributed by atoms with Crippen LogP contribution in [0.5, 0.6) is 5.75 Å². The van der Waals surface area contributed by atoms with Crippen molar-refractivity contribution in [2.45, 2.75) is 12.4 Å². The number of alkyl halides is 6. The van der Waals surface area contributed by atoms with Crippen LogP contribution in [0.25, 0.3) is 22.3 Å². The van der Waals surface area contributed by atoms with Crippen LogP contribution >= 0.6 is 0 Å². The Kier molecular flexibility index (Phi) is 5.61. The second-order valence-electron chi connectivity index (χ2n) is 6.35. The summed E-state index contributed by atoms with van der Waals surface area (Å²) in [5, 5.41) is 0. The summed E-state index contributed by atoms with van der Waals surface area (Å²) in [6, 6.07) is 11.5. The number of hydrogen-bond acceptors (Lipinski definition) is 2. The van der Waals surface area contributed by atoms with Gasteiger partial charge in [-0.05, 0) is 35.4 Å². The number of hydrogen-bond donors (Lipinski definition) is 0. The van der Waals surface area contributed by atoms with Crippen LogP contribution in [0.1, 0.15) is 21.5 Å². The van der Waals surface area contributed by atoms with Crippen molar-refractivity contribution in [3.05, 3.63) is 77.4 Å². The standard InChI is InChI=1S/C22H14F6O2/c1-30-20-16(14-6-2-4-8-18(14)21(23,24)25)10-13(12-29)11-17(20)15-7-3-5-9-19(15)22(26,27)28/h2-12H,1H3. The molecule has 0 saturated carbocycles. The molecule has 0 fully saturated rings. The van der Waals surface area contributed by atoms with Crippen molar-refractivity contribution in [3.63, 3.8) is 0 Å². The second-order valence-corrected chi connectivity index (χ2v) is 6.35. The summed E-state index contributed by atoms with van der Waals surface area (Å²) in [5.41, 5.74) is -2.98. The fourth-order valence-corrected chi connectivity index (χ4v) is 3.27. The summed E-state index contributed by atoms with van der Waals surface area (Å²) in [5.74, 6) is -0.200. The summed E-state index contributed by atoms with van der Waals surface area (Å²) < 4.78 is 86.5. The Morgan fingerprint density at radius 1 is 0.700 bits per heavy atom. The Morgan fingerprint density at radius 2 is 1.10 bits per heavy atom. The van der Waals surface area contributed by atoms with E-state index in [0.29, 0.717) is 6.29 Å². The van der Waals surface area contributed by atoms with Crippen molar-refractivity contribution >= 4 is 6.29 Å². The van der Waals surface area contributed by atoms with Gasteiger partial charge in [-0.25, -0.2) is 0 Å². The van der Waals surface area contributed by atoms with Gasteiger partial charge in [0.05, 0.1) is 18.2 Å². The topological polar surface area (TPSA) is 26.3 Å². The van der Waals surface area contributed by atoms with Crippen LogP contribution in [0.3, 0.4) is 0 Å². The van der Waals surface area contributed by atoms with Gasteiger partial charge in [0.2, 0.25) is 0 Å². The summed E-state index contributed by atoms with van der Waals surface area (Å²) in [7, 11) is 1.15. The third-order valence-corrected chi connectivity index (χ3v) is 4.50. The van der Waals surface area contributed by atoms with Gasteiger partial charge >= 0.3 is 12.4 Å². The first-order chi connectivity index (χ1) is 14.1. The predicted molar refractivity (Wildman–Crippen MR) is 99.3 cm³/mol. The van der Waals surface area contributed by atoms with Crippen LogP contribution in [0.4, 0.5) is 26.3 Å². The monoisotopic (exact) mass is 424 g/mol. The molecule has 0 atom stereocenters. The first-order valence-electron chi connectivity index (χ1n) is 8.58. The Hall–Kier alpha value is -3.29. The molecule has 156 valence electrons. The molecule has 2 nitrogen and oxygen atoms in total. The molecule has 0 unspecified atom stereocenters. The molecule has 8 heteroatoms. The highest BCUT2D eigenvalue weighted by Gasteiger charge is 2.36. The Balaban J connectivity index is 2.41. The average Bonchev–Trinajstić information content (AvgIpc) is 2.71. The van der Waals surface area contributed by atoms with Crippen LogP contribution in [-0.4, -0.2) is 13.4 Å². The van der Waals surface area contributed by atoms with Gasteiger partial charge in [-0.1, -0.05) is 36.4 Å². The van der Waals surface area contributed by atoms with Crippen LogP contribution in [0, 0.1) is 0 Å². The van der Waals surface area contributed by atoms with Crippen LogP contribution in [0.2, 0.25) is 0 Å². The minimum atomic E-state index is -4.72. The van der Waals surface area contributed by atoms with Crippen molar-refractivity contribution < 1.29 is 35.9 Å². The smallest absolute Gasteiger partial charge is 0.417 e. The maximum atomic E-state index is 13.5. The van der Waals surface area contributed by atoms with E-state index in [1.54, 1.807) is 0 Å². The normalized spacial score (nSPS) is 12.0. The van der Waals surface area contributed by atoms with E-state index in [-0.39, 0.29) is 33.6 Å². The van der Waals surface area contributed by atoms with Gasteiger partial charge in [0.1, 0.15) is 12.0 Å². The highest BCUT2D eigenvalue weighted by Crippen LogP contribution is 2.47. The third-order valence-electron chi connectivity index (χ3n) is 4.50. The first kappa shape index (κ1) is 21.4. The molecule has 0 aliphatic rings. The molecule has 0 aromatic heterocycles. The maximum absolute atomic E-state index is 13.5. The van der Waals surface area contributed by atoms with Crippen LogP contribution in [-0.2, 0) is 12.4 Å². The van der Waals surface area contributed by atoms with Gasteiger partial charge in [0.25, 0.3) is 0 Å². The molecule has 0 aliphatic carbocycles. The lowest BCUT2D eigenvalue weighted by atomic mass is 9.90. The lowest BCUT2D eigenvalue weighted by molar-refractivity contribution is -0.137. The van der Waals surface area contributed by atoms with Crippen LogP contribution < -0.4 is 4.74 Å². The van der Waals surface area contributed by atoms with Gasteiger partial charge in [0, 0.05) is 16.7 Å². The summed E-state index contributed by atoms with van der Waals surface area (Å²) in [6.07, 6.45) is -9.08. The lowest BCUT2D eigenvalue weighted by Gasteiger charge is -2.20. The zero-order valence-corrected chi connectivity index (χ0v) is 15.4. The number of halogens is 6. The fourth-order valence-electron chi connectivity index (χ4n) is 3.27. The number of aldehydes is 1. The Labute approximate surface area is 167 Å².